The van der Waals surface area contributed by atoms with Gasteiger partial charge in [-0.25, -0.2) is 9.78 Å². The first kappa shape index (κ1) is 14.1. The van der Waals surface area contributed by atoms with E-state index in [9.17, 15) is 9.90 Å². The largest absolute Gasteiger partial charge is 0.505 e. The summed E-state index contributed by atoms with van der Waals surface area (Å²) >= 11 is 0. The molecule has 0 amide bonds. The van der Waals surface area contributed by atoms with Gasteiger partial charge in [-0.3, -0.25) is 0 Å². The smallest absolute Gasteiger partial charge is 0.360 e. The summed E-state index contributed by atoms with van der Waals surface area (Å²) < 4.78 is 10.4. The summed E-state index contributed by atoms with van der Waals surface area (Å²) in [6.45, 7) is 0. The van der Waals surface area contributed by atoms with Crippen LogP contribution in [0.2, 0.25) is 0 Å². The lowest BCUT2D eigenvalue weighted by molar-refractivity contribution is 0.0591. The Morgan fingerprint density at radius 2 is 2.18 bits per heavy atom. The fourth-order valence-corrected chi connectivity index (χ4v) is 2.30. The minimum Gasteiger partial charge on any atom is -0.505 e. The standard InChI is InChI=1S/C17H15NO4/c1-21-17(20)15-16(19)14-8-7-13(9-11(14)10-18-15)22-12-5-3-2-4-6-12/h3,5-10,19H,2,4H2,1H3. The van der Waals surface area contributed by atoms with Gasteiger partial charge in [0.1, 0.15) is 11.5 Å². The molecule has 5 heteroatoms. The topological polar surface area (TPSA) is 68.7 Å². The second kappa shape index (κ2) is 5.89. The fraction of sp³-hybridized carbons (Fsp3) is 0.176. The van der Waals surface area contributed by atoms with E-state index in [1.807, 2.05) is 12.2 Å². The average Bonchev–Trinajstić information content (AvgIpc) is 2.55. The molecule has 0 saturated carbocycles. The minimum absolute atomic E-state index is 0.0957. The Hall–Kier alpha value is -2.82. The highest BCUT2D eigenvalue weighted by Crippen LogP contribution is 2.31. The van der Waals surface area contributed by atoms with Crippen molar-refractivity contribution in [3.05, 3.63) is 54.1 Å². The molecular formula is C17H15NO4. The highest BCUT2D eigenvalue weighted by Gasteiger charge is 2.16. The first-order valence-electron chi connectivity index (χ1n) is 6.93. The van der Waals surface area contributed by atoms with Crippen LogP contribution < -0.4 is 4.74 Å². The van der Waals surface area contributed by atoms with Crippen LogP contribution in [0.15, 0.2) is 48.4 Å². The summed E-state index contributed by atoms with van der Waals surface area (Å²) in [5.41, 5.74) is -0.0957. The molecular weight excluding hydrogens is 282 g/mol. The molecule has 0 fully saturated rings. The summed E-state index contributed by atoms with van der Waals surface area (Å²) in [6, 6.07) is 5.21. The Balaban J connectivity index is 1.95. The van der Waals surface area contributed by atoms with Crippen molar-refractivity contribution in [3.63, 3.8) is 0 Å². The van der Waals surface area contributed by atoms with Gasteiger partial charge in [-0.15, -0.1) is 0 Å². The van der Waals surface area contributed by atoms with Crippen molar-refractivity contribution in [3.8, 4) is 11.5 Å². The van der Waals surface area contributed by atoms with Crippen LogP contribution in [0.1, 0.15) is 23.3 Å². The number of hydrogen-bond donors (Lipinski definition) is 1. The van der Waals surface area contributed by atoms with Crippen molar-refractivity contribution in [2.24, 2.45) is 0 Å². The van der Waals surface area contributed by atoms with Gasteiger partial charge in [0.2, 0.25) is 0 Å². The fourth-order valence-electron chi connectivity index (χ4n) is 2.30. The van der Waals surface area contributed by atoms with Crippen molar-refractivity contribution in [2.75, 3.05) is 7.11 Å². The zero-order chi connectivity index (χ0) is 15.5. The van der Waals surface area contributed by atoms with E-state index >= 15 is 0 Å². The Labute approximate surface area is 127 Å². The number of methoxy groups -OCH3 is 1. The zero-order valence-electron chi connectivity index (χ0n) is 12.1. The number of carbonyl (C=O) groups is 1. The molecule has 0 radical (unpaired) electrons. The quantitative estimate of drug-likeness (QED) is 0.880. The van der Waals surface area contributed by atoms with E-state index in [0.717, 1.165) is 18.6 Å². The number of benzene rings is 1. The predicted octanol–water partition coefficient (Wildman–Crippen LogP) is 3.34. The zero-order valence-corrected chi connectivity index (χ0v) is 12.1. The number of aromatic nitrogens is 1. The lowest BCUT2D eigenvalue weighted by Gasteiger charge is -2.11. The van der Waals surface area contributed by atoms with Gasteiger partial charge in [0.15, 0.2) is 11.4 Å². The molecule has 1 aliphatic rings. The van der Waals surface area contributed by atoms with Crippen molar-refractivity contribution < 1.29 is 19.4 Å². The number of carbonyl (C=O) groups excluding carboxylic acids is 1. The maximum absolute atomic E-state index is 11.5. The van der Waals surface area contributed by atoms with Crippen molar-refractivity contribution in [2.45, 2.75) is 12.8 Å². The van der Waals surface area contributed by atoms with Crippen LogP contribution in [0, 0.1) is 0 Å². The van der Waals surface area contributed by atoms with Crippen LogP contribution in [0.3, 0.4) is 0 Å². The van der Waals surface area contributed by atoms with Crippen LogP contribution in [-0.2, 0) is 4.74 Å². The summed E-state index contributed by atoms with van der Waals surface area (Å²) in [5.74, 6) is 0.594. The number of pyridine rings is 1. The van der Waals surface area contributed by atoms with Gasteiger partial charge in [0.25, 0.3) is 0 Å². The monoisotopic (exact) mass is 297 g/mol. The summed E-state index contributed by atoms with van der Waals surface area (Å²) in [6.07, 6.45) is 9.53. The van der Waals surface area contributed by atoms with Crippen molar-refractivity contribution >= 4 is 16.7 Å². The molecule has 0 spiro atoms. The highest BCUT2D eigenvalue weighted by atomic mass is 16.5. The number of nitrogens with zero attached hydrogens (tertiary/aromatic N) is 1. The molecule has 5 nitrogen and oxygen atoms in total. The SMILES string of the molecule is COC(=O)c1ncc2cc(OC3=CCCC=C3)ccc2c1O. The average molecular weight is 297 g/mol. The Bertz CT molecular complexity index is 793. The maximum atomic E-state index is 11.5. The van der Waals surface area contributed by atoms with Gasteiger partial charge < -0.3 is 14.6 Å². The van der Waals surface area contributed by atoms with Crippen LogP contribution >= 0.6 is 0 Å². The first-order valence-corrected chi connectivity index (χ1v) is 6.93. The van der Waals surface area contributed by atoms with E-state index < -0.39 is 5.97 Å². The number of aromatic hydroxyl groups is 1. The molecule has 3 rings (SSSR count). The number of fused-ring (bicyclic) bond motifs is 1. The van der Waals surface area contributed by atoms with Crippen LogP contribution in [0.4, 0.5) is 0 Å². The molecule has 112 valence electrons. The summed E-state index contributed by atoms with van der Waals surface area (Å²) in [4.78, 5) is 15.5. The number of hydrogen-bond acceptors (Lipinski definition) is 5. The minimum atomic E-state index is -0.669. The van der Waals surface area contributed by atoms with Gasteiger partial charge in [0.05, 0.1) is 7.11 Å². The molecule has 1 N–H and O–H groups in total. The highest BCUT2D eigenvalue weighted by molar-refractivity contribution is 5.99. The third-order valence-corrected chi connectivity index (χ3v) is 3.41. The lowest BCUT2D eigenvalue weighted by Crippen LogP contribution is -2.04. The second-order valence-electron chi connectivity index (χ2n) is 4.88. The molecule has 22 heavy (non-hydrogen) atoms. The molecule has 1 aliphatic carbocycles. The third-order valence-electron chi connectivity index (χ3n) is 3.41. The van der Waals surface area contributed by atoms with E-state index in [4.69, 9.17) is 4.74 Å². The van der Waals surface area contributed by atoms with Crippen LogP contribution in [-0.4, -0.2) is 23.2 Å². The molecule has 0 aliphatic heterocycles. The van der Waals surface area contributed by atoms with Gasteiger partial charge in [-0.1, -0.05) is 6.08 Å². The lowest BCUT2D eigenvalue weighted by atomic mass is 10.1. The molecule has 0 unspecified atom stereocenters. The van der Waals surface area contributed by atoms with Crippen molar-refractivity contribution in [1.29, 1.82) is 0 Å². The summed E-state index contributed by atoms with van der Waals surface area (Å²) in [7, 11) is 1.25. The van der Waals surface area contributed by atoms with Crippen molar-refractivity contribution in [1.82, 2.24) is 4.98 Å². The van der Waals surface area contributed by atoms with Gasteiger partial charge in [-0.2, -0.15) is 0 Å². The predicted molar refractivity (Wildman–Crippen MR) is 81.8 cm³/mol. The van der Waals surface area contributed by atoms with E-state index in [1.54, 1.807) is 18.2 Å². The normalized spacial score (nSPS) is 13.8. The first-order chi connectivity index (χ1) is 10.7. The number of allylic oxidation sites excluding steroid dienone is 3. The van der Waals surface area contributed by atoms with Gasteiger partial charge >= 0.3 is 5.97 Å². The van der Waals surface area contributed by atoms with E-state index in [1.165, 1.54) is 13.3 Å². The van der Waals surface area contributed by atoms with E-state index in [0.29, 0.717) is 16.5 Å². The number of rotatable bonds is 3. The summed E-state index contributed by atoms with van der Waals surface area (Å²) in [5, 5.41) is 11.3. The molecule has 2 aromatic rings. The molecule has 1 aromatic heterocycles. The molecule has 1 aromatic carbocycles. The number of ether oxygens (including phenoxy) is 2. The molecule has 0 saturated heterocycles. The Kier molecular flexibility index (Phi) is 3.78. The van der Waals surface area contributed by atoms with Crippen LogP contribution in [0.25, 0.3) is 10.8 Å². The molecule has 0 bridgehead atoms. The molecule has 1 heterocycles. The van der Waals surface area contributed by atoms with Gasteiger partial charge in [0, 0.05) is 17.0 Å². The Morgan fingerprint density at radius 3 is 2.91 bits per heavy atom. The maximum Gasteiger partial charge on any atom is 0.360 e. The van der Waals surface area contributed by atoms with Gasteiger partial charge in [-0.05, 0) is 43.2 Å². The van der Waals surface area contributed by atoms with Crippen LogP contribution in [0.5, 0.6) is 11.5 Å². The third kappa shape index (κ3) is 2.65. The number of esters is 1. The Morgan fingerprint density at radius 1 is 1.32 bits per heavy atom. The van der Waals surface area contributed by atoms with E-state index in [-0.39, 0.29) is 11.4 Å². The second-order valence-corrected chi connectivity index (χ2v) is 4.88. The van der Waals surface area contributed by atoms with E-state index in [2.05, 4.69) is 15.8 Å². The molecule has 0 atom stereocenters.